The Morgan fingerprint density at radius 1 is 0.900 bits per heavy atom. The van der Waals surface area contributed by atoms with E-state index in [0.29, 0.717) is 0 Å². The highest BCUT2D eigenvalue weighted by Crippen LogP contribution is 2.69. The number of hydrogen-bond acceptors (Lipinski definition) is 0. The minimum Gasteiger partial charge on any atom is -0.231 e. The second kappa shape index (κ2) is 3.51. The van der Waals surface area contributed by atoms with Crippen LogP contribution in [0.15, 0.2) is 24.1 Å². The normalized spacial score (nSPS) is 44.1. The predicted molar refractivity (Wildman–Crippen MR) is 45.4 cm³/mol. The Morgan fingerprint density at radius 3 is 1.80 bits per heavy atom. The Bertz CT molecular complexity index is 501. The number of rotatable bonds is 0. The van der Waals surface area contributed by atoms with Gasteiger partial charge in [-0.1, -0.05) is 0 Å². The molecule has 0 amide bonds. The zero-order chi connectivity index (χ0) is 15.8. The molecule has 1 fully saturated rings. The molecular formula is C10H4F10. The van der Waals surface area contributed by atoms with Gasteiger partial charge in [-0.2, -0.15) is 30.7 Å². The van der Waals surface area contributed by atoms with Gasteiger partial charge in [0.2, 0.25) is 11.3 Å². The minimum atomic E-state index is -5.99. The zero-order valence-electron chi connectivity index (χ0n) is 9.09. The lowest BCUT2D eigenvalue weighted by molar-refractivity contribution is -0.350. The van der Waals surface area contributed by atoms with Crippen LogP contribution in [0.4, 0.5) is 43.9 Å². The molecule has 3 unspecified atom stereocenters. The number of alkyl halides is 9. The standard InChI is InChI=1S/C10H4F10/c11-3-4-5(8(14,15)16)7(13)2-1-6(4,12)9(17,18)10(7,19)20/h1-3,5H/b4-3+. The highest BCUT2D eigenvalue weighted by molar-refractivity contribution is 5.49. The van der Waals surface area contributed by atoms with Crippen LogP contribution in [0.25, 0.3) is 0 Å². The lowest BCUT2D eigenvalue weighted by atomic mass is 9.58. The van der Waals surface area contributed by atoms with E-state index in [2.05, 4.69) is 0 Å². The molecule has 0 aromatic heterocycles. The molecule has 3 aliphatic carbocycles. The summed E-state index contributed by atoms with van der Waals surface area (Å²) < 4.78 is 132. The van der Waals surface area contributed by atoms with Gasteiger partial charge in [-0.05, 0) is 12.2 Å². The first-order valence-electron chi connectivity index (χ1n) is 4.98. The number of allylic oxidation sites excluding steroid dienone is 3. The molecule has 1 saturated carbocycles. The average Bonchev–Trinajstić information content (AvgIpc) is 2.27. The van der Waals surface area contributed by atoms with E-state index < -0.39 is 59.3 Å². The van der Waals surface area contributed by atoms with Crippen molar-refractivity contribution in [3.63, 3.8) is 0 Å². The molecule has 0 aromatic rings. The molecule has 0 heterocycles. The van der Waals surface area contributed by atoms with Crippen LogP contribution in [0, 0.1) is 5.92 Å². The van der Waals surface area contributed by atoms with Gasteiger partial charge in [0.1, 0.15) is 5.92 Å². The summed E-state index contributed by atoms with van der Waals surface area (Å²) in [5.41, 5.74) is -12.1. The van der Waals surface area contributed by atoms with Crippen LogP contribution in [0.5, 0.6) is 0 Å². The first-order valence-corrected chi connectivity index (χ1v) is 4.98. The van der Waals surface area contributed by atoms with Crippen molar-refractivity contribution >= 4 is 0 Å². The molecule has 3 atom stereocenters. The van der Waals surface area contributed by atoms with Crippen LogP contribution < -0.4 is 0 Å². The first-order chi connectivity index (χ1) is 8.77. The topological polar surface area (TPSA) is 0 Å². The van der Waals surface area contributed by atoms with Gasteiger partial charge in [-0.15, -0.1) is 0 Å². The van der Waals surface area contributed by atoms with Gasteiger partial charge >= 0.3 is 18.0 Å². The highest BCUT2D eigenvalue weighted by Gasteiger charge is 2.89. The van der Waals surface area contributed by atoms with Crippen molar-refractivity contribution < 1.29 is 43.9 Å². The van der Waals surface area contributed by atoms with Crippen molar-refractivity contribution in [3.05, 3.63) is 24.1 Å². The van der Waals surface area contributed by atoms with Gasteiger partial charge in [0.05, 0.1) is 6.33 Å². The molecule has 0 N–H and O–H groups in total. The van der Waals surface area contributed by atoms with E-state index in [9.17, 15) is 43.9 Å². The molecule has 10 heteroatoms. The van der Waals surface area contributed by atoms with Gasteiger partial charge in [0.15, 0.2) is 0 Å². The molecule has 114 valence electrons. The van der Waals surface area contributed by atoms with Crippen molar-refractivity contribution in [1.29, 1.82) is 0 Å². The number of hydrogen-bond donors (Lipinski definition) is 0. The van der Waals surface area contributed by atoms with Crippen LogP contribution in [-0.2, 0) is 0 Å². The van der Waals surface area contributed by atoms with Crippen molar-refractivity contribution in [3.8, 4) is 0 Å². The fourth-order valence-corrected chi connectivity index (χ4v) is 2.46. The van der Waals surface area contributed by atoms with Crippen molar-refractivity contribution in [2.24, 2.45) is 5.92 Å². The average molecular weight is 314 g/mol. The predicted octanol–water partition coefficient (Wildman–Crippen LogP) is 4.29. The minimum absolute atomic E-state index is 0.502. The molecule has 20 heavy (non-hydrogen) atoms. The van der Waals surface area contributed by atoms with Gasteiger partial charge in [0.25, 0.3) is 0 Å². The molecule has 0 aliphatic heterocycles. The van der Waals surface area contributed by atoms with Gasteiger partial charge < -0.3 is 0 Å². The van der Waals surface area contributed by atoms with Crippen LogP contribution in [0.1, 0.15) is 0 Å². The number of halogens is 10. The Hall–Kier alpha value is -1.22. The summed E-state index contributed by atoms with van der Waals surface area (Å²) in [4.78, 5) is 0. The van der Waals surface area contributed by atoms with E-state index in [4.69, 9.17) is 0 Å². The highest BCUT2D eigenvalue weighted by atomic mass is 19.4. The fraction of sp³-hybridized carbons (Fsp3) is 0.600. The largest absolute Gasteiger partial charge is 0.399 e. The summed E-state index contributed by atoms with van der Waals surface area (Å²) in [6, 6.07) is 0. The SMILES string of the molecule is F/C=C1\C(C(F)(F)F)C2(F)C=CC1(F)C(F)(F)C2(F)F. The monoisotopic (exact) mass is 314 g/mol. The summed E-state index contributed by atoms with van der Waals surface area (Å²) in [5.74, 6) is -15.9. The van der Waals surface area contributed by atoms with Crippen LogP contribution in [-0.4, -0.2) is 29.4 Å². The molecule has 0 radical (unpaired) electrons. The Balaban J connectivity index is 2.84. The maximum atomic E-state index is 14.0. The summed E-state index contributed by atoms with van der Waals surface area (Å²) >= 11 is 0. The van der Waals surface area contributed by atoms with E-state index in [1.54, 1.807) is 0 Å². The van der Waals surface area contributed by atoms with E-state index in [1.807, 2.05) is 0 Å². The summed E-state index contributed by atoms with van der Waals surface area (Å²) in [5, 5.41) is 0. The summed E-state index contributed by atoms with van der Waals surface area (Å²) in [6.45, 7) is 0. The zero-order valence-corrected chi connectivity index (χ0v) is 9.09. The second-order valence-corrected chi connectivity index (χ2v) is 4.50. The maximum absolute atomic E-state index is 14.0. The van der Waals surface area contributed by atoms with Gasteiger partial charge in [0, 0.05) is 5.57 Å². The van der Waals surface area contributed by atoms with E-state index >= 15 is 0 Å². The summed E-state index contributed by atoms with van der Waals surface area (Å²) in [7, 11) is 0. The Morgan fingerprint density at radius 2 is 1.40 bits per heavy atom. The first kappa shape index (κ1) is 15.2. The van der Waals surface area contributed by atoms with Crippen LogP contribution in [0.2, 0.25) is 0 Å². The lowest BCUT2D eigenvalue weighted by Gasteiger charge is -2.55. The van der Waals surface area contributed by atoms with Crippen molar-refractivity contribution in [1.82, 2.24) is 0 Å². The molecular weight excluding hydrogens is 310 g/mol. The van der Waals surface area contributed by atoms with E-state index in [1.165, 1.54) is 0 Å². The van der Waals surface area contributed by atoms with Crippen LogP contribution in [0.3, 0.4) is 0 Å². The Labute approximate surface area is 104 Å². The maximum Gasteiger partial charge on any atom is 0.399 e. The second-order valence-electron chi connectivity index (χ2n) is 4.50. The van der Waals surface area contributed by atoms with Crippen LogP contribution >= 0.6 is 0 Å². The molecule has 0 saturated heterocycles. The molecule has 0 aromatic carbocycles. The third-order valence-corrected chi connectivity index (χ3v) is 3.48. The molecule has 3 aliphatic rings. The fourth-order valence-electron chi connectivity index (χ4n) is 2.46. The third kappa shape index (κ3) is 1.30. The van der Waals surface area contributed by atoms with Gasteiger partial charge in [-0.3, -0.25) is 0 Å². The summed E-state index contributed by atoms with van der Waals surface area (Å²) in [6.07, 6.45) is -8.23. The van der Waals surface area contributed by atoms with Gasteiger partial charge in [-0.25, -0.2) is 13.2 Å². The van der Waals surface area contributed by atoms with E-state index in [0.717, 1.165) is 0 Å². The smallest absolute Gasteiger partial charge is 0.231 e. The molecule has 2 bridgehead atoms. The quantitative estimate of drug-likeness (QED) is 0.462. The molecule has 0 nitrogen and oxygen atoms in total. The lowest BCUT2D eigenvalue weighted by Crippen LogP contribution is -2.76. The van der Waals surface area contributed by atoms with Crippen molar-refractivity contribution in [2.75, 3.05) is 0 Å². The van der Waals surface area contributed by atoms with Crippen molar-refractivity contribution in [2.45, 2.75) is 29.4 Å². The number of fused-ring (bicyclic) bond motifs is 2. The van der Waals surface area contributed by atoms with E-state index in [-0.39, 0.29) is 0 Å². The molecule has 0 spiro atoms. The third-order valence-electron chi connectivity index (χ3n) is 3.48. The Kier molecular flexibility index (Phi) is 2.66. The molecule has 3 rings (SSSR count).